The zero-order valence-electron chi connectivity index (χ0n) is 15.8. The van der Waals surface area contributed by atoms with Crippen molar-refractivity contribution >= 4 is 5.78 Å². The molecule has 1 aromatic carbocycles. The molecular formula is C21H26O5. The Kier molecular flexibility index (Phi) is 7.41. The highest BCUT2D eigenvalue weighted by molar-refractivity contribution is 6.14. The van der Waals surface area contributed by atoms with Crippen molar-refractivity contribution in [3.8, 4) is 17.2 Å². The van der Waals surface area contributed by atoms with Crippen molar-refractivity contribution in [1.82, 2.24) is 0 Å². The van der Waals surface area contributed by atoms with E-state index in [2.05, 4.69) is 6.58 Å². The number of aromatic hydroxyl groups is 2. The number of carbonyl (C=O) groups is 1. The Hall–Kier alpha value is -2.79. The molecule has 0 heterocycles. The summed E-state index contributed by atoms with van der Waals surface area (Å²) in [6, 6.07) is 0. The standard InChI is InChI=1S/C21H26O5/c1-7-8-9-16(11-10-12(2)15(5)22)19(24)17-13(3)14(4)18(23)20(25)21(17)26-6/h7-11,15,22-23,25H,1H2,2-6H3/b9-8-,12-10+,16-11+. The van der Waals surface area contributed by atoms with Gasteiger partial charge in [0.2, 0.25) is 5.75 Å². The molecule has 26 heavy (non-hydrogen) atoms. The van der Waals surface area contributed by atoms with Crippen molar-refractivity contribution < 1.29 is 24.9 Å². The van der Waals surface area contributed by atoms with Gasteiger partial charge in [-0.05, 0) is 44.4 Å². The molecule has 140 valence electrons. The van der Waals surface area contributed by atoms with E-state index in [9.17, 15) is 20.1 Å². The van der Waals surface area contributed by atoms with Gasteiger partial charge in [0.1, 0.15) is 0 Å². The van der Waals surface area contributed by atoms with Gasteiger partial charge in [0.25, 0.3) is 0 Å². The minimum absolute atomic E-state index is 0.0790. The molecule has 1 atom stereocenters. The second-order valence-corrected chi connectivity index (χ2v) is 5.99. The largest absolute Gasteiger partial charge is 0.504 e. The molecule has 1 rings (SSSR count). The van der Waals surface area contributed by atoms with Crippen LogP contribution in [-0.4, -0.2) is 34.3 Å². The number of benzene rings is 1. The maximum Gasteiger partial charge on any atom is 0.201 e. The number of allylic oxidation sites excluding steroid dienone is 6. The second kappa shape index (κ2) is 9.06. The maximum atomic E-state index is 13.1. The number of Topliss-reactive ketones (excluding diaryl/α,β-unsaturated/α-hetero) is 1. The average Bonchev–Trinajstić information content (AvgIpc) is 2.61. The summed E-state index contributed by atoms with van der Waals surface area (Å²) in [4.78, 5) is 13.1. The Morgan fingerprint density at radius 3 is 2.27 bits per heavy atom. The zero-order chi connectivity index (χ0) is 20.0. The van der Waals surface area contributed by atoms with Gasteiger partial charge in [0.15, 0.2) is 17.3 Å². The predicted octanol–water partition coefficient (Wildman–Crippen LogP) is 3.90. The van der Waals surface area contributed by atoms with E-state index in [1.165, 1.54) is 13.2 Å². The monoisotopic (exact) mass is 358 g/mol. The molecule has 0 saturated carbocycles. The third-order valence-electron chi connectivity index (χ3n) is 4.25. The molecule has 0 aliphatic heterocycles. The van der Waals surface area contributed by atoms with E-state index in [4.69, 9.17) is 4.74 Å². The highest BCUT2D eigenvalue weighted by Crippen LogP contribution is 2.44. The van der Waals surface area contributed by atoms with Gasteiger partial charge in [-0.3, -0.25) is 4.79 Å². The van der Waals surface area contributed by atoms with Crippen LogP contribution < -0.4 is 4.74 Å². The second-order valence-electron chi connectivity index (χ2n) is 5.99. The van der Waals surface area contributed by atoms with Gasteiger partial charge < -0.3 is 20.1 Å². The van der Waals surface area contributed by atoms with E-state index in [-0.39, 0.29) is 22.8 Å². The molecule has 0 amide bonds. The first-order valence-corrected chi connectivity index (χ1v) is 8.16. The molecule has 5 heteroatoms. The van der Waals surface area contributed by atoms with Gasteiger partial charge in [-0.15, -0.1) is 0 Å². The number of ether oxygens (including phenoxy) is 1. The number of hydrogen-bond acceptors (Lipinski definition) is 5. The van der Waals surface area contributed by atoms with Crippen LogP contribution in [-0.2, 0) is 0 Å². The first-order valence-electron chi connectivity index (χ1n) is 8.16. The van der Waals surface area contributed by atoms with Crippen molar-refractivity contribution in [2.45, 2.75) is 33.8 Å². The molecule has 1 unspecified atom stereocenters. The fraction of sp³-hybridized carbons (Fsp3) is 0.286. The van der Waals surface area contributed by atoms with Crippen LogP contribution in [0, 0.1) is 13.8 Å². The number of methoxy groups -OCH3 is 1. The van der Waals surface area contributed by atoms with Crippen LogP contribution in [0.3, 0.4) is 0 Å². The lowest BCUT2D eigenvalue weighted by Crippen LogP contribution is -2.09. The van der Waals surface area contributed by atoms with Gasteiger partial charge in [0, 0.05) is 5.57 Å². The third kappa shape index (κ3) is 4.43. The van der Waals surface area contributed by atoms with Crippen LogP contribution in [0.4, 0.5) is 0 Å². The highest BCUT2D eigenvalue weighted by atomic mass is 16.5. The fourth-order valence-corrected chi connectivity index (χ4v) is 2.29. The van der Waals surface area contributed by atoms with Gasteiger partial charge in [0.05, 0.1) is 18.8 Å². The summed E-state index contributed by atoms with van der Waals surface area (Å²) in [5.74, 6) is -1.25. The molecule has 0 radical (unpaired) electrons. The molecule has 0 fully saturated rings. The van der Waals surface area contributed by atoms with Crippen LogP contribution in [0.15, 0.2) is 48.1 Å². The number of carbonyl (C=O) groups excluding carboxylic acids is 1. The SMILES string of the molecule is C=C\C=C/C(=C\C=C(/C)C(C)O)C(=O)c1c(C)c(C)c(O)c(O)c1OC. The fourth-order valence-electron chi connectivity index (χ4n) is 2.29. The lowest BCUT2D eigenvalue weighted by Gasteiger charge is -2.17. The quantitative estimate of drug-likeness (QED) is 0.298. The van der Waals surface area contributed by atoms with E-state index in [1.54, 1.807) is 52.0 Å². The number of ketones is 1. The Labute approximate surface area is 154 Å². The van der Waals surface area contributed by atoms with Crippen LogP contribution in [0.1, 0.15) is 35.3 Å². The lowest BCUT2D eigenvalue weighted by atomic mass is 9.93. The summed E-state index contributed by atoms with van der Waals surface area (Å²) in [7, 11) is 1.32. The zero-order valence-corrected chi connectivity index (χ0v) is 15.8. The summed E-state index contributed by atoms with van der Waals surface area (Å²) < 4.78 is 5.17. The van der Waals surface area contributed by atoms with E-state index in [0.29, 0.717) is 22.3 Å². The van der Waals surface area contributed by atoms with Gasteiger partial charge in [-0.1, -0.05) is 37.0 Å². The Balaban J connectivity index is 3.64. The molecule has 3 N–H and O–H groups in total. The van der Waals surface area contributed by atoms with Gasteiger partial charge >= 0.3 is 0 Å². The Morgan fingerprint density at radius 1 is 1.15 bits per heavy atom. The molecule has 0 spiro atoms. The molecule has 1 aromatic rings. The van der Waals surface area contributed by atoms with Crippen molar-refractivity contribution in [3.05, 3.63) is 64.8 Å². The number of rotatable bonds is 7. The van der Waals surface area contributed by atoms with Crippen LogP contribution >= 0.6 is 0 Å². The van der Waals surface area contributed by atoms with Crippen molar-refractivity contribution in [2.24, 2.45) is 0 Å². The summed E-state index contributed by atoms with van der Waals surface area (Å²) in [5.41, 5.74) is 2.08. The van der Waals surface area contributed by atoms with Gasteiger partial charge in [-0.2, -0.15) is 0 Å². The lowest BCUT2D eigenvalue weighted by molar-refractivity contribution is 0.103. The molecule has 0 aliphatic rings. The molecule has 0 aromatic heterocycles. The molecule has 5 nitrogen and oxygen atoms in total. The van der Waals surface area contributed by atoms with Crippen molar-refractivity contribution in [2.75, 3.05) is 7.11 Å². The Bertz CT molecular complexity index is 795. The number of aliphatic hydroxyl groups excluding tert-OH is 1. The number of hydrogen-bond donors (Lipinski definition) is 3. The number of aliphatic hydroxyl groups is 1. The van der Waals surface area contributed by atoms with Crippen LogP contribution in [0.5, 0.6) is 17.2 Å². The van der Waals surface area contributed by atoms with Crippen LogP contribution in [0.2, 0.25) is 0 Å². The van der Waals surface area contributed by atoms with E-state index < -0.39 is 11.9 Å². The van der Waals surface area contributed by atoms with Gasteiger partial charge in [-0.25, -0.2) is 0 Å². The minimum Gasteiger partial charge on any atom is -0.504 e. The molecular weight excluding hydrogens is 332 g/mol. The molecule has 0 aliphatic carbocycles. The number of phenolic OH excluding ortho intramolecular Hbond substituents is 2. The molecule has 0 saturated heterocycles. The predicted molar refractivity (Wildman–Crippen MR) is 103 cm³/mol. The summed E-state index contributed by atoms with van der Waals surface area (Å²) >= 11 is 0. The summed E-state index contributed by atoms with van der Waals surface area (Å²) in [5, 5.41) is 29.8. The third-order valence-corrected chi connectivity index (χ3v) is 4.25. The van der Waals surface area contributed by atoms with Crippen LogP contribution in [0.25, 0.3) is 0 Å². The molecule has 0 bridgehead atoms. The minimum atomic E-state index is -0.637. The van der Waals surface area contributed by atoms with E-state index in [1.807, 2.05) is 0 Å². The first-order chi connectivity index (χ1) is 12.2. The average molecular weight is 358 g/mol. The smallest absolute Gasteiger partial charge is 0.201 e. The summed E-state index contributed by atoms with van der Waals surface area (Å²) in [6.07, 6.45) is 7.34. The van der Waals surface area contributed by atoms with Crippen molar-refractivity contribution in [1.29, 1.82) is 0 Å². The van der Waals surface area contributed by atoms with Crippen molar-refractivity contribution in [3.63, 3.8) is 0 Å². The normalized spacial score (nSPS) is 13.8. The van der Waals surface area contributed by atoms with E-state index >= 15 is 0 Å². The highest BCUT2D eigenvalue weighted by Gasteiger charge is 2.25. The Morgan fingerprint density at radius 2 is 1.77 bits per heavy atom. The maximum absolute atomic E-state index is 13.1. The van der Waals surface area contributed by atoms with E-state index in [0.717, 1.165) is 0 Å². The summed E-state index contributed by atoms with van der Waals surface area (Å²) in [6.45, 7) is 10.3. The topological polar surface area (TPSA) is 87.0 Å². The first kappa shape index (κ1) is 21.3. The number of phenols is 2.